The van der Waals surface area contributed by atoms with Crippen LogP contribution < -0.4 is 0 Å². The van der Waals surface area contributed by atoms with Gasteiger partial charge >= 0.3 is 0 Å². The molecule has 1 aromatic rings. The third kappa shape index (κ3) is 3.06. The van der Waals surface area contributed by atoms with E-state index in [1.807, 2.05) is 25.1 Å². The van der Waals surface area contributed by atoms with E-state index in [1.54, 1.807) is 0 Å². The Morgan fingerprint density at radius 2 is 2.15 bits per heavy atom. The zero-order chi connectivity index (χ0) is 9.84. The van der Waals surface area contributed by atoms with Crippen LogP contribution in [0.25, 0.3) is 0 Å². The van der Waals surface area contributed by atoms with Crippen molar-refractivity contribution in [3.8, 4) is 0 Å². The van der Waals surface area contributed by atoms with Crippen molar-refractivity contribution >= 4 is 31.9 Å². The van der Waals surface area contributed by atoms with Gasteiger partial charge in [0.25, 0.3) is 0 Å². The van der Waals surface area contributed by atoms with Crippen molar-refractivity contribution in [3.05, 3.63) is 32.7 Å². The summed E-state index contributed by atoms with van der Waals surface area (Å²) in [5, 5.41) is 9.55. The van der Waals surface area contributed by atoms with Crippen LogP contribution in [0.2, 0.25) is 0 Å². The summed E-state index contributed by atoms with van der Waals surface area (Å²) in [5.41, 5.74) is 0.733. The molecule has 0 amide bonds. The Hall–Kier alpha value is 0.1000. The van der Waals surface area contributed by atoms with Crippen molar-refractivity contribution in [2.75, 3.05) is 6.61 Å². The van der Waals surface area contributed by atoms with Gasteiger partial charge in [0, 0.05) is 21.1 Å². The van der Waals surface area contributed by atoms with Crippen molar-refractivity contribution < 1.29 is 9.84 Å². The Morgan fingerprint density at radius 1 is 1.46 bits per heavy atom. The molecule has 0 aliphatic carbocycles. The average Bonchev–Trinajstić information content (AvgIpc) is 2.09. The first kappa shape index (κ1) is 11.2. The molecule has 0 aliphatic rings. The second-order valence-corrected chi connectivity index (χ2v) is 4.24. The fraction of sp³-hybridized carbons (Fsp3) is 0.333. The summed E-state index contributed by atoms with van der Waals surface area (Å²) < 4.78 is 6.83. The standard InChI is InChI=1S/C9H10Br2O2/c1-2-13-9(12)7-5-6(10)3-4-8(7)11/h3-5,9,12H,2H2,1H3. The molecule has 1 unspecified atom stereocenters. The number of hydrogen-bond donors (Lipinski definition) is 1. The van der Waals surface area contributed by atoms with E-state index in [-0.39, 0.29) is 0 Å². The van der Waals surface area contributed by atoms with E-state index >= 15 is 0 Å². The van der Waals surface area contributed by atoms with E-state index in [2.05, 4.69) is 31.9 Å². The summed E-state index contributed by atoms with van der Waals surface area (Å²) in [5.74, 6) is 0. The number of benzene rings is 1. The Morgan fingerprint density at radius 3 is 2.77 bits per heavy atom. The minimum Gasteiger partial charge on any atom is -0.364 e. The van der Waals surface area contributed by atoms with Crippen molar-refractivity contribution in [2.24, 2.45) is 0 Å². The molecule has 4 heteroatoms. The highest BCUT2D eigenvalue weighted by Gasteiger charge is 2.10. The maximum absolute atomic E-state index is 9.55. The summed E-state index contributed by atoms with van der Waals surface area (Å²) in [6.07, 6.45) is -0.864. The molecule has 0 radical (unpaired) electrons. The lowest BCUT2D eigenvalue weighted by molar-refractivity contribution is -0.0984. The Bertz CT molecular complexity index is 289. The Labute approximate surface area is 94.2 Å². The Balaban J connectivity index is 2.91. The van der Waals surface area contributed by atoms with E-state index in [9.17, 15) is 5.11 Å². The molecule has 0 saturated carbocycles. The minimum absolute atomic E-state index is 0.486. The lowest BCUT2D eigenvalue weighted by atomic mass is 10.2. The largest absolute Gasteiger partial charge is 0.364 e. The molecule has 1 N–H and O–H groups in total. The lowest BCUT2D eigenvalue weighted by Gasteiger charge is -2.12. The first-order valence-electron chi connectivity index (χ1n) is 3.89. The molecule has 2 nitrogen and oxygen atoms in total. The van der Waals surface area contributed by atoms with Crippen molar-refractivity contribution in [1.29, 1.82) is 0 Å². The van der Waals surface area contributed by atoms with Gasteiger partial charge in [-0.1, -0.05) is 31.9 Å². The molecule has 0 bridgehead atoms. The summed E-state index contributed by atoms with van der Waals surface area (Å²) in [7, 11) is 0. The monoisotopic (exact) mass is 308 g/mol. The van der Waals surface area contributed by atoms with Gasteiger partial charge in [0.1, 0.15) is 0 Å². The predicted octanol–water partition coefficient (Wildman–Crippen LogP) is 3.24. The van der Waals surface area contributed by atoms with Crippen LogP contribution in [0.3, 0.4) is 0 Å². The average molecular weight is 310 g/mol. The lowest BCUT2D eigenvalue weighted by Crippen LogP contribution is -2.03. The molecule has 1 rings (SSSR count). The van der Waals surface area contributed by atoms with Crippen LogP contribution in [-0.2, 0) is 4.74 Å². The third-order valence-corrected chi connectivity index (χ3v) is 2.76. The normalized spacial score (nSPS) is 12.9. The van der Waals surface area contributed by atoms with Crippen LogP contribution >= 0.6 is 31.9 Å². The molecule has 0 heterocycles. The van der Waals surface area contributed by atoms with Gasteiger partial charge in [-0.2, -0.15) is 0 Å². The van der Waals surface area contributed by atoms with Crippen LogP contribution in [0.15, 0.2) is 27.1 Å². The molecule has 0 spiro atoms. The molecule has 0 aromatic heterocycles. The molecule has 0 saturated heterocycles. The molecule has 72 valence electrons. The van der Waals surface area contributed by atoms with Crippen LogP contribution in [0.5, 0.6) is 0 Å². The van der Waals surface area contributed by atoms with Crippen LogP contribution in [0.4, 0.5) is 0 Å². The number of hydrogen-bond acceptors (Lipinski definition) is 2. The van der Waals surface area contributed by atoms with Gasteiger partial charge in [-0.3, -0.25) is 0 Å². The highest BCUT2D eigenvalue weighted by atomic mass is 79.9. The number of aliphatic hydroxyl groups excluding tert-OH is 1. The topological polar surface area (TPSA) is 29.5 Å². The quantitative estimate of drug-likeness (QED) is 0.869. The maximum atomic E-state index is 9.55. The van der Waals surface area contributed by atoms with Gasteiger partial charge < -0.3 is 9.84 Å². The summed E-state index contributed by atoms with van der Waals surface area (Å²) in [6, 6.07) is 5.58. The first-order valence-corrected chi connectivity index (χ1v) is 5.48. The fourth-order valence-corrected chi connectivity index (χ4v) is 1.77. The summed E-state index contributed by atoms with van der Waals surface area (Å²) in [6.45, 7) is 2.33. The maximum Gasteiger partial charge on any atom is 0.182 e. The minimum atomic E-state index is -0.864. The zero-order valence-electron chi connectivity index (χ0n) is 7.13. The second-order valence-electron chi connectivity index (χ2n) is 2.47. The third-order valence-electron chi connectivity index (χ3n) is 1.55. The van der Waals surface area contributed by atoms with E-state index < -0.39 is 6.29 Å². The highest BCUT2D eigenvalue weighted by Crippen LogP contribution is 2.27. The van der Waals surface area contributed by atoms with E-state index in [4.69, 9.17) is 4.74 Å². The number of halogens is 2. The Kier molecular flexibility index (Phi) is 4.38. The van der Waals surface area contributed by atoms with Gasteiger partial charge in [0.2, 0.25) is 0 Å². The van der Waals surface area contributed by atoms with Gasteiger partial charge in [-0.25, -0.2) is 0 Å². The smallest absolute Gasteiger partial charge is 0.182 e. The van der Waals surface area contributed by atoms with E-state index in [0.717, 1.165) is 14.5 Å². The number of ether oxygens (including phenoxy) is 1. The van der Waals surface area contributed by atoms with Gasteiger partial charge in [-0.15, -0.1) is 0 Å². The van der Waals surface area contributed by atoms with Gasteiger partial charge in [-0.05, 0) is 25.1 Å². The van der Waals surface area contributed by atoms with E-state index in [1.165, 1.54) is 0 Å². The molecule has 1 atom stereocenters. The van der Waals surface area contributed by atoms with Gasteiger partial charge in [0.05, 0.1) is 0 Å². The van der Waals surface area contributed by atoms with Gasteiger partial charge in [0.15, 0.2) is 6.29 Å². The molecule has 1 aromatic carbocycles. The van der Waals surface area contributed by atoms with Crippen molar-refractivity contribution in [1.82, 2.24) is 0 Å². The number of aliphatic hydroxyl groups is 1. The van der Waals surface area contributed by atoms with Crippen molar-refractivity contribution in [2.45, 2.75) is 13.2 Å². The fourth-order valence-electron chi connectivity index (χ4n) is 0.952. The highest BCUT2D eigenvalue weighted by molar-refractivity contribution is 9.11. The van der Waals surface area contributed by atoms with E-state index in [0.29, 0.717) is 6.61 Å². The molecule has 13 heavy (non-hydrogen) atoms. The number of rotatable bonds is 3. The molecular formula is C9H10Br2O2. The SMILES string of the molecule is CCOC(O)c1cc(Br)ccc1Br. The molecule has 0 fully saturated rings. The second kappa shape index (κ2) is 5.10. The zero-order valence-corrected chi connectivity index (χ0v) is 10.3. The first-order chi connectivity index (χ1) is 6.15. The molecule has 0 aliphatic heterocycles. The van der Waals surface area contributed by atoms with Crippen LogP contribution in [0.1, 0.15) is 18.8 Å². The van der Waals surface area contributed by atoms with Crippen LogP contribution in [0, 0.1) is 0 Å². The summed E-state index contributed by atoms with van der Waals surface area (Å²) >= 11 is 6.67. The predicted molar refractivity (Wildman–Crippen MR) is 58.4 cm³/mol. The summed E-state index contributed by atoms with van der Waals surface area (Å²) in [4.78, 5) is 0. The van der Waals surface area contributed by atoms with Crippen molar-refractivity contribution in [3.63, 3.8) is 0 Å². The molecular weight excluding hydrogens is 300 g/mol. The van der Waals surface area contributed by atoms with Crippen LogP contribution in [-0.4, -0.2) is 11.7 Å².